The van der Waals surface area contributed by atoms with Gasteiger partial charge in [0.15, 0.2) is 4.34 Å². The van der Waals surface area contributed by atoms with E-state index >= 15 is 0 Å². The molecule has 7 nitrogen and oxygen atoms in total. The van der Waals surface area contributed by atoms with Gasteiger partial charge in [0.05, 0.1) is 10.6 Å². The standard InChI is InChI=1S/C21H21N5O2S4/c1-2-29-21-25-24-20(32-21)23-18(27)13-31-17-12-26(15-7-4-3-6-14(15)17)10-9-22-19(28)16-8-5-11-30-16/h3-8,11-12H,2,9-10,13H2,1H3,(H,22,28)(H,23,24,27). The first kappa shape index (κ1) is 22.8. The Balaban J connectivity index is 1.36. The zero-order valence-corrected chi connectivity index (χ0v) is 20.5. The Hall–Kier alpha value is -2.34. The fraction of sp³-hybridized carbons (Fsp3) is 0.238. The number of nitrogens with one attached hydrogen (secondary N) is 2. The number of amides is 2. The second-order valence-corrected chi connectivity index (χ2v) is 11.0. The smallest absolute Gasteiger partial charge is 0.261 e. The molecule has 3 aromatic heterocycles. The summed E-state index contributed by atoms with van der Waals surface area (Å²) in [5.74, 6) is 1.03. The van der Waals surface area contributed by atoms with Crippen molar-refractivity contribution in [1.82, 2.24) is 20.1 Å². The molecule has 32 heavy (non-hydrogen) atoms. The number of para-hydroxylation sites is 1. The molecule has 11 heteroatoms. The first-order chi connectivity index (χ1) is 15.6. The number of thioether (sulfide) groups is 2. The molecule has 3 heterocycles. The van der Waals surface area contributed by atoms with Gasteiger partial charge >= 0.3 is 0 Å². The summed E-state index contributed by atoms with van der Waals surface area (Å²) >= 11 is 5.91. The van der Waals surface area contributed by atoms with E-state index in [2.05, 4.69) is 44.5 Å². The lowest BCUT2D eigenvalue weighted by atomic mass is 10.2. The number of aromatic nitrogens is 3. The molecule has 0 saturated carbocycles. The summed E-state index contributed by atoms with van der Waals surface area (Å²) in [6.07, 6.45) is 2.04. The molecular formula is C21H21N5O2S4. The topological polar surface area (TPSA) is 88.9 Å². The molecule has 0 saturated heterocycles. The van der Waals surface area contributed by atoms with Gasteiger partial charge in [-0.05, 0) is 23.3 Å². The van der Waals surface area contributed by atoms with Gasteiger partial charge in [0.25, 0.3) is 5.91 Å². The summed E-state index contributed by atoms with van der Waals surface area (Å²) in [4.78, 5) is 26.3. The van der Waals surface area contributed by atoms with E-state index in [0.29, 0.717) is 23.1 Å². The lowest BCUT2D eigenvalue weighted by molar-refractivity contribution is -0.113. The third kappa shape index (κ3) is 5.71. The van der Waals surface area contributed by atoms with Crippen LogP contribution in [-0.2, 0) is 11.3 Å². The highest BCUT2D eigenvalue weighted by Crippen LogP contribution is 2.30. The van der Waals surface area contributed by atoms with Crippen molar-refractivity contribution < 1.29 is 9.59 Å². The average Bonchev–Trinajstić information content (AvgIpc) is 3.54. The lowest BCUT2D eigenvalue weighted by Crippen LogP contribution is -2.26. The molecule has 1 aromatic carbocycles. The number of fused-ring (bicyclic) bond motifs is 1. The van der Waals surface area contributed by atoms with E-state index < -0.39 is 0 Å². The van der Waals surface area contributed by atoms with E-state index in [0.717, 1.165) is 25.9 Å². The van der Waals surface area contributed by atoms with E-state index in [1.54, 1.807) is 11.8 Å². The molecule has 0 fully saturated rings. The second kappa shape index (κ2) is 11.0. The predicted molar refractivity (Wildman–Crippen MR) is 134 cm³/mol. The maximum absolute atomic E-state index is 12.4. The number of anilines is 1. The van der Waals surface area contributed by atoms with E-state index in [1.807, 2.05) is 35.8 Å². The van der Waals surface area contributed by atoms with Crippen molar-refractivity contribution in [3.8, 4) is 0 Å². The first-order valence-electron chi connectivity index (χ1n) is 9.92. The minimum absolute atomic E-state index is 0.0556. The third-order valence-corrected chi connectivity index (χ3v) is 8.18. The van der Waals surface area contributed by atoms with Crippen LogP contribution in [0, 0.1) is 0 Å². The summed E-state index contributed by atoms with van der Waals surface area (Å²) in [6, 6.07) is 11.8. The Bertz CT molecular complexity index is 1200. The van der Waals surface area contributed by atoms with Gasteiger partial charge < -0.3 is 9.88 Å². The minimum Gasteiger partial charge on any atom is -0.350 e. The average molecular weight is 504 g/mol. The SMILES string of the molecule is CCSc1nnc(NC(=O)CSc2cn(CCNC(=O)c3cccs3)c3ccccc23)s1. The molecule has 0 aliphatic carbocycles. The van der Waals surface area contributed by atoms with Crippen molar-refractivity contribution in [3.05, 3.63) is 52.9 Å². The van der Waals surface area contributed by atoms with Crippen LogP contribution in [0.4, 0.5) is 5.13 Å². The van der Waals surface area contributed by atoms with Crippen LogP contribution < -0.4 is 10.6 Å². The van der Waals surface area contributed by atoms with Crippen molar-refractivity contribution in [2.45, 2.75) is 22.7 Å². The van der Waals surface area contributed by atoms with Crippen LogP contribution in [0.1, 0.15) is 16.6 Å². The number of rotatable bonds is 10. The number of carbonyl (C=O) groups is 2. The lowest BCUT2D eigenvalue weighted by Gasteiger charge is -2.06. The molecule has 0 unspecified atom stereocenters. The number of thiophene rings is 1. The monoisotopic (exact) mass is 503 g/mol. The van der Waals surface area contributed by atoms with Crippen LogP contribution in [0.5, 0.6) is 0 Å². The Labute approximate surface area is 202 Å². The van der Waals surface area contributed by atoms with Crippen LogP contribution in [0.15, 0.2) is 57.2 Å². The Morgan fingerprint density at radius 3 is 2.81 bits per heavy atom. The van der Waals surface area contributed by atoms with Crippen LogP contribution >= 0.6 is 46.2 Å². The third-order valence-electron chi connectivity index (χ3n) is 4.41. The molecule has 4 aromatic rings. The van der Waals surface area contributed by atoms with Gasteiger partial charge in [-0.3, -0.25) is 14.9 Å². The van der Waals surface area contributed by atoms with Gasteiger partial charge in [-0.2, -0.15) is 0 Å². The van der Waals surface area contributed by atoms with E-state index in [-0.39, 0.29) is 17.6 Å². The summed E-state index contributed by atoms with van der Waals surface area (Å²) < 4.78 is 2.97. The molecule has 0 spiro atoms. The highest BCUT2D eigenvalue weighted by molar-refractivity contribution is 8.01. The van der Waals surface area contributed by atoms with Crippen LogP contribution in [0.2, 0.25) is 0 Å². The fourth-order valence-corrected chi connectivity index (χ4v) is 6.23. The summed E-state index contributed by atoms with van der Waals surface area (Å²) in [5, 5.41) is 17.4. The Morgan fingerprint density at radius 2 is 2.00 bits per heavy atom. The van der Waals surface area contributed by atoms with Gasteiger partial charge in [0, 0.05) is 35.1 Å². The van der Waals surface area contributed by atoms with Crippen molar-refractivity contribution in [2.75, 3.05) is 23.4 Å². The summed E-state index contributed by atoms with van der Waals surface area (Å²) in [5.41, 5.74) is 1.08. The minimum atomic E-state index is -0.112. The number of carbonyl (C=O) groups excluding carboxylic acids is 2. The maximum Gasteiger partial charge on any atom is 0.261 e. The zero-order chi connectivity index (χ0) is 22.3. The zero-order valence-electron chi connectivity index (χ0n) is 17.2. The molecular weight excluding hydrogens is 483 g/mol. The highest BCUT2D eigenvalue weighted by atomic mass is 32.2. The second-order valence-electron chi connectivity index (χ2n) is 6.58. The fourth-order valence-electron chi connectivity index (χ4n) is 3.04. The van der Waals surface area contributed by atoms with Crippen LogP contribution in [0.25, 0.3) is 10.9 Å². The van der Waals surface area contributed by atoms with Crippen LogP contribution in [-0.4, -0.2) is 44.6 Å². The van der Waals surface area contributed by atoms with Crippen molar-refractivity contribution in [2.24, 2.45) is 0 Å². The molecule has 2 amide bonds. The number of hydrogen-bond donors (Lipinski definition) is 2. The summed E-state index contributed by atoms with van der Waals surface area (Å²) in [6.45, 7) is 3.22. The molecule has 2 N–H and O–H groups in total. The maximum atomic E-state index is 12.4. The van der Waals surface area contributed by atoms with Gasteiger partial charge in [0.1, 0.15) is 0 Å². The predicted octanol–water partition coefficient (Wildman–Crippen LogP) is 4.83. The van der Waals surface area contributed by atoms with E-state index in [4.69, 9.17) is 0 Å². The first-order valence-corrected chi connectivity index (χ1v) is 13.6. The van der Waals surface area contributed by atoms with Crippen molar-refractivity contribution in [1.29, 1.82) is 0 Å². The highest BCUT2D eigenvalue weighted by Gasteiger charge is 2.13. The van der Waals surface area contributed by atoms with Crippen molar-refractivity contribution >= 4 is 74.0 Å². The normalized spacial score (nSPS) is 11.0. The van der Waals surface area contributed by atoms with Crippen LogP contribution in [0.3, 0.4) is 0 Å². The Kier molecular flexibility index (Phi) is 7.85. The van der Waals surface area contributed by atoms with E-state index in [9.17, 15) is 9.59 Å². The number of benzene rings is 1. The van der Waals surface area contributed by atoms with E-state index in [1.165, 1.54) is 34.4 Å². The molecule has 4 rings (SSSR count). The van der Waals surface area contributed by atoms with Gasteiger partial charge in [0.2, 0.25) is 11.0 Å². The quantitative estimate of drug-likeness (QED) is 0.238. The van der Waals surface area contributed by atoms with Crippen molar-refractivity contribution in [3.63, 3.8) is 0 Å². The number of hydrogen-bond acceptors (Lipinski definition) is 8. The molecule has 166 valence electrons. The molecule has 0 aliphatic heterocycles. The molecule has 0 atom stereocenters. The molecule has 0 aliphatic rings. The largest absolute Gasteiger partial charge is 0.350 e. The van der Waals surface area contributed by atoms with Gasteiger partial charge in [-0.1, -0.05) is 54.3 Å². The van der Waals surface area contributed by atoms with Gasteiger partial charge in [-0.25, -0.2) is 0 Å². The van der Waals surface area contributed by atoms with Gasteiger partial charge in [-0.15, -0.1) is 33.3 Å². The summed E-state index contributed by atoms with van der Waals surface area (Å²) in [7, 11) is 0. The molecule has 0 bridgehead atoms. The molecule has 0 radical (unpaired) electrons. The Morgan fingerprint density at radius 1 is 1.12 bits per heavy atom. The number of nitrogens with zero attached hydrogens (tertiary/aromatic N) is 3.